The van der Waals surface area contributed by atoms with E-state index in [9.17, 15) is 10.1 Å². The number of halogens is 1. The van der Waals surface area contributed by atoms with Crippen LogP contribution in [0.1, 0.15) is 35.3 Å². The molecule has 0 fully saturated rings. The van der Waals surface area contributed by atoms with Crippen molar-refractivity contribution in [1.29, 1.82) is 5.26 Å². The maximum Gasteiger partial charge on any atom is 0.339 e. The van der Waals surface area contributed by atoms with Crippen LogP contribution in [0.3, 0.4) is 0 Å². The first-order valence-electron chi connectivity index (χ1n) is 10.2. The van der Waals surface area contributed by atoms with Gasteiger partial charge in [-0.15, -0.1) is 0 Å². The SMILES string of the molecule is Cc1ccc(C(=O)OC(CNC(C)C)COc2ncc(-c3ccc[nH]3)cc2C#N)c(Br)c1. The quantitative estimate of drug-likeness (QED) is 0.419. The summed E-state index contributed by atoms with van der Waals surface area (Å²) in [5.41, 5.74) is 3.42. The van der Waals surface area contributed by atoms with Crippen molar-refractivity contribution in [2.75, 3.05) is 13.2 Å². The smallest absolute Gasteiger partial charge is 0.339 e. The summed E-state index contributed by atoms with van der Waals surface area (Å²) in [4.78, 5) is 20.1. The van der Waals surface area contributed by atoms with Gasteiger partial charge < -0.3 is 19.8 Å². The van der Waals surface area contributed by atoms with Crippen LogP contribution in [-0.4, -0.2) is 41.2 Å². The molecule has 3 aromatic rings. The Labute approximate surface area is 195 Å². The summed E-state index contributed by atoms with van der Waals surface area (Å²) in [6.07, 6.45) is 2.87. The molecule has 0 aliphatic carbocycles. The Morgan fingerprint density at radius 2 is 2.12 bits per heavy atom. The summed E-state index contributed by atoms with van der Waals surface area (Å²) in [7, 11) is 0. The molecule has 2 heterocycles. The van der Waals surface area contributed by atoms with E-state index < -0.39 is 12.1 Å². The van der Waals surface area contributed by atoms with Crippen molar-refractivity contribution < 1.29 is 14.3 Å². The highest BCUT2D eigenvalue weighted by Gasteiger charge is 2.20. The number of aromatic nitrogens is 2. The normalized spacial score (nSPS) is 11.8. The van der Waals surface area contributed by atoms with E-state index in [0.717, 1.165) is 16.8 Å². The Hall–Kier alpha value is -3.15. The van der Waals surface area contributed by atoms with Gasteiger partial charge in [-0.1, -0.05) is 19.9 Å². The van der Waals surface area contributed by atoms with Crippen LogP contribution in [0.4, 0.5) is 0 Å². The van der Waals surface area contributed by atoms with Crippen LogP contribution < -0.4 is 10.1 Å². The summed E-state index contributed by atoms with van der Waals surface area (Å²) < 4.78 is 12.2. The van der Waals surface area contributed by atoms with Gasteiger partial charge in [0, 0.05) is 40.7 Å². The number of pyridine rings is 1. The first kappa shape index (κ1) is 23.5. The molecule has 0 spiro atoms. The number of hydrogen-bond acceptors (Lipinski definition) is 6. The third kappa shape index (κ3) is 6.19. The second kappa shape index (κ2) is 10.9. The maximum absolute atomic E-state index is 12.7. The molecular formula is C24H25BrN4O3. The molecule has 32 heavy (non-hydrogen) atoms. The monoisotopic (exact) mass is 496 g/mol. The molecule has 1 unspecified atom stereocenters. The van der Waals surface area contributed by atoms with E-state index in [1.54, 1.807) is 24.5 Å². The lowest BCUT2D eigenvalue weighted by Crippen LogP contribution is -2.38. The van der Waals surface area contributed by atoms with E-state index in [-0.39, 0.29) is 18.5 Å². The topological polar surface area (TPSA) is 100 Å². The molecule has 0 bridgehead atoms. The summed E-state index contributed by atoms with van der Waals surface area (Å²) in [5, 5.41) is 12.8. The number of ether oxygens (including phenoxy) is 2. The molecule has 0 saturated heterocycles. The maximum atomic E-state index is 12.7. The van der Waals surface area contributed by atoms with E-state index >= 15 is 0 Å². The lowest BCUT2D eigenvalue weighted by atomic mass is 10.1. The minimum atomic E-state index is -0.575. The Balaban J connectivity index is 1.72. The minimum Gasteiger partial charge on any atom is -0.473 e. The highest BCUT2D eigenvalue weighted by molar-refractivity contribution is 9.10. The molecule has 0 aliphatic heterocycles. The fraction of sp³-hybridized carbons (Fsp3) is 0.292. The Morgan fingerprint density at radius 3 is 2.78 bits per heavy atom. The lowest BCUT2D eigenvalue weighted by Gasteiger charge is -2.21. The number of rotatable bonds is 9. The number of nitrogens with zero attached hydrogens (tertiary/aromatic N) is 2. The number of carbonyl (C=O) groups excluding carboxylic acids is 1. The standard InChI is InChI=1S/C24H25BrN4O3/c1-15(2)28-13-19(32-24(30)20-7-6-16(3)9-21(20)25)14-31-23-17(11-26)10-18(12-29-23)22-5-4-8-27-22/h4-10,12,15,19,27-28H,13-14H2,1-3H3. The average molecular weight is 497 g/mol. The lowest BCUT2D eigenvalue weighted by molar-refractivity contribution is 0.0166. The molecular weight excluding hydrogens is 472 g/mol. The van der Waals surface area contributed by atoms with E-state index in [1.807, 2.05) is 45.0 Å². The van der Waals surface area contributed by atoms with Gasteiger partial charge in [0.25, 0.3) is 0 Å². The second-order valence-corrected chi connectivity index (χ2v) is 8.51. The van der Waals surface area contributed by atoms with Crippen molar-refractivity contribution >= 4 is 21.9 Å². The number of hydrogen-bond donors (Lipinski definition) is 2. The van der Waals surface area contributed by atoms with Crippen molar-refractivity contribution in [3.05, 3.63) is 70.0 Å². The fourth-order valence-corrected chi connectivity index (χ4v) is 3.63. The molecule has 0 radical (unpaired) electrons. The zero-order valence-corrected chi connectivity index (χ0v) is 19.8. The zero-order valence-electron chi connectivity index (χ0n) is 18.2. The predicted octanol–water partition coefficient (Wildman–Crippen LogP) is 4.62. The number of esters is 1. The van der Waals surface area contributed by atoms with Crippen molar-refractivity contribution in [3.63, 3.8) is 0 Å². The summed E-state index contributed by atoms with van der Waals surface area (Å²) >= 11 is 3.42. The van der Waals surface area contributed by atoms with Crippen LogP contribution in [0, 0.1) is 18.3 Å². The van der Waals surface area contributed by atoms with Crippen molar-refractivity contribution in [2.45, 2.75) is 32.9 Å². The summed E-state index contributed by atoms with van der Waals surface area (Å²) in [6, 6.07) is 13.3. The van der Waals surface area contributed by atoms with E-state index in [4.69, 9.17) is 9.47 Å². The molecule has 7 nitrogen and oxygen atoms in total. The van der Waals surface area contributed by atoms with Crippen LogP contribution in [0.25, 0.3) is 11.3 Å². The number of nitrogens with one attached hydrogen (secondary N) is 2. The molecule has 2 aromatic heterocycles. The van der Waals surface area contributed by atoms with Crippen LogP contribution in [0.5, 0.6) is 5.88 Å². The van der Waals surface area contributed by atoms with Crippen LogP contribution >= 0.6 is 15.9 Å². The summed E-state index contributed by atoms with van der Waals surface area (Å²) in [6.45, 7) is 6.41. The third-order valence-electron chi connectivity index (χ3n) is 4.66. The van der Waals surface area contributed by atoms with Crippen LogP contribution in [0.2, 0.25) is 0 Å². The zero-order chi connectivity index (χ0) is 23.1. The second-order valence-electron chi connectivity index (χ2n) is 7.66. The number of aryl methyl sites for hydroxylation is 1. The molecule has 166 valence electrons. The first-order chi connectivity index (χ1) is 15.4. The predicted molar refractivity (Wildman–Crippen MR) is 125 cm³/mol. The van der Waals surface area contributed by atoms with E-state index in [2.05, 4.69) is 37.3 Å². The van der Waals surface area contributed by atoms with Gasteiger partial charge in [-0.25, -0.2) is 9.78 Å². The minimum absolute atomic E-state index is 0.0540. The molecule has 3 rings (SSSR count). The number of carbonyl (C=O) groups is 1. The Kier molecular flexibility index (Phi) is 8.03. The van der Waals surface area contributed by atoms with Crippen LogP contribution in [0.15, 0.2) is 53.3 Å². The van der Waals surface area contributed by atoms with Gasteiger partial charge in [0.05, 0.1) is 5.56 Å². The van der Waals surface area contributed by atoms with Crippen molar-refractivity contribution in [2.24, 2.45) is 0 Å². The van der Waals surface area contributed by atoms with Crippen molar-refractivity contribution in [1.82, 2.24) is 15.3 Å². The summed E-state index contributed by atoms with van der Waals surface area (Å²) in [5.74, 6) is -0.253. The molecule has 0 saturated carbocycles. The Bertz CT molecular complexity index is 1110. The molecule has 0 amide bonds. The molecule has 1 atom stereocenters. The third-order valence-corrected chi connectivity index (χ3v) is 5.31. The highest BCUT2D eigenvalue weighted by Crippen LogP contribution is 2.23. The van der Waals surface area contributed by atoms with Crippen molar-refractivity contribution in [3.8, 4) is 23.2 Å². The van der Waals surface area contributed by atoms with Crippen LogP contribution in [-0.2, 0) is 4.74 Å². The molecule has 8 heteroatoms. The van der Waals surface area contributed by atoms with E-state index in [0.29, 0.717) is 22.1 Å². The van der Waals surface area contributed by atoms with E-state index in [1.165, 1.54) is 0 Å². The highest BCUT2D eigenvalue weighted by atomic mass is 79.9. The number of aromatic amines is 1. The van der Waals surface area contributed by atoms with Gasteiger partial charge in [-0.3, -0.25) is 0 Å². The average Bonchev–Trinajstić information content (AvgIpc) is 3.30. The van der Waals surface area contributed by atoms with Gasteiger partial charge in [0.1, 0.15) is 24.3 Å². The number of nitriles is 1. The van der Waals surface area contributed by atoms with Gasteiger partial charge in [-0.2, -0.15) is 5.26 Å². The van der Waals surface area contributed by atoms with Gasteiger partial charge in [0.2, 0.25) is 5.88 Å². The fourth-order valence-electron chi connectivity index (χ4n) is 2.98. The van der Waals surface area contributed by atoms with Gasteiger partial charge in [0.15, 0.2) is 0 Å². The Morgan fingerprint density at radius 1 is 1.31 bits per heavy atom. The number of benzene rings is 1. The molecule has 2 N–H and O–H groups in total. The number of H-pyrrole nitrogens is 1. The molecule has 1 aromatic carbocycles. The van der Waals surface area contributed by atoms with Gasteiger partial charge in [-0.05, 0) is 58.7 Å². The first-order valence-corrected chi connectivity index (χ1v) is 11.0. The van der Waals surface area contributed by atoms with Gasteiger partial charge >= 0.3 is 5.97 Å². The largest absolute Gasteiger partial charge is 0.473 e. The molecule has 0 aliphatic rings.